The lowest BCUT2D eigenvalue weighted by atomic mass is 10.0. The molecular weight excluding hydrogens is 318 g/mol. The topological polar surface area (TPSA) is 82.4 Å². The summed E-state index contributed by atoms with van der Waals surface area (Å²) in [7, 11) is 0. The summed E-state index contributed by atoms with van der Waals surface area (Å²) >= 11 is 0. The minimum Gasteiger partial charge on any atom is -0.444 e. The van der Waals surface area contributed by atoms with Gasteiger partial charge < -0.3 is 15.0 Å². The number of amides is 2. The van der Waals surface area contributed by atoms with Crippen molar-refractivity contribution in [1.29, 1.82) is 5.26 Å². The normalized spacial score (nSPS) is 17.5. The van der Waals surface area contributed by atoms with Crippen molar-refractivity contribution in [3.63, 3.8) is 0 Å². The van der Waals surface area contributed by atoms with Crippen molar-refractivity contribution in [3.8, 4) is 6.07 Å². The number of carbonyl (C=O) groups is 2. The van der Waals surface area contributed by atoms with E-state index in [0.717, 1.165) is 18.4 Å². The first-order chi connectivity index (χ1) is 11.8. The number of hydrogen-bond donors (Lipinski definition) is 1. The predicted molar refractivity (Wildman–Crippen MR) is 94.1 cm³/mol. The fourth-order valence-corrected chi connectivity index (χ4v) is 2.79. The number of nitriles is 1. The van der Waals surface area contributed by atoms with Gasteiger partial charge in [0.2, 0.25) is 0 Å². The largest absolute Gasteiger partial charge is 0.444 e. The highest BCUT2D eigenvalue weighted by Crippen LogP contribution is 2.16. The molecule has 0 unspecified atom stereocenters. The van der Waals surface area contributed by atoms with Gasteiger partial charge >= 0.3 is 6.09 Å². The van der Waals surface area contributed by atoms with Gasteiger partial charge in [-0.3, -0.25) is 4.79 Å². The van der Waals surface area contributed by atoms with Crippen LogP contribution < -0.4 is 5.32 Å². The zero-order valence-corrected chi connectivity index (χ0v) is 15.0. The van der Waals surface area contributed by atoms with Crippen LogP contribution >= 0.6 is 0 Å². The summed E-state index contributed by atoms with van der Waals surface area (Å²) in [6.07, 6.45) is 1.54. The van der Waals surface area contributed by atoms with Gasteiger partial charge in [0.1, 0.15) is 5.60 Å². The third-order valence-electron chi connectivity index (χ3n) is 3.91. The lowest BCUT2D eigenvalue weighted by Gasteiger charge is -2.33. The quantitative estimate of drug-likeness (QED) is 0.915. The van der Waals surface area contributed by atoms with Crippen molar-refractivity contribution >= 4 is 12.0 Å². The van der Waals surface area contributed by atoms with Gasteiger partial charge in [-0.1, -0.05) is 12.1 Å². The van der Waals surface area contributed by atoms with E-state index in [2.05, 4.69) is 11.4 Å². The highest BCUT2D eigenvalue weighted by Gasteiger charge is 2.27. The summed E-state index contributed by atoms with van der Waals surface area (Å²) in [5, 5.41) is 11.6. The third-order valence-corrected chi connectivity index (χ3v) is 3.91. The van der Waals surface area contributed by atoms with Crippen molar-refractivity contribution < 1.29 is 14.3 Å². The van der Waals surface area contributed by atoms with Gasteiger partial charge in [-0.05, 0) is 51.3 Å². The van der Waals surface area contributed by atoms with Crippen LogP contribution in [0, 0.1) is 11.3 Å². The molecule has 2 rings (SSSR count). The van der Waals surface area contributed by atoms with Crippen molar-refractivity contribution in [3.05, 3.63) is 35.4 Å². The SMILES string of the molecule is CC(C)(C)OC(=O)N[C@@H]1CCCN(C(=O)c2ccc(CC#N)cc2)C1. The van der Waals surface area contributed by atoms with Crippen molar-refractivity contribution in [2.24, 2.45) is 0 Å². The van der Waals surface area contributed by atoms with E-state index in [1.807, 2.05) is 20.8 Å². The standard InChI is InChI=1S/C19H25N3O3/c1-19(2,3)25-18(24)21-16-5-4-12-22(13-16)17(23)15-8-6-14(7-9-15)10-11-20/h6-9,16H,4-5,10,12-13H2,1-3H3,(H,21,24)/t16-/m1/s1. The molecule has 1 atom stereocenters. The first-order valence-corrected chi connectivity index (χ1v) is 8.53. The number of piperidine rings is 1. The molecule has 0 bridgehead atoms. The Kier molecular flexibility index (Phi) is 6.02. The minimum atomic E-state index is -0.542. The van der Waals surface area contributed by atoms with Gasteiger partial charge in [-0.15, -0.1) is 0 Å². The molecule has 1 saturated heterocycles. The Hall–Kier alpha value is -2.55. The molecule has 1 aromatic carbocycles. The second kappa shape index (κ2) is 8.02. The van der Waals surface area contributed by atoms with E-state index < -0.39 is 11.7 Å². The van der Waals surface area contributed by atoms with E-state index in [1.165, 1.54) is 0 Å². The van der Waals surface area contributed by atoms with Crippen molar-refractivity contribution in [1.82, 2.24) is 10.2 Å². The molecule has 0 saturated carbocycles. The maximum Gasteiger partial charge on any atom is 0.407 e. The van der Waals surface area contributed by atoms with Crippen LogP contribution in [0.3, 0.4) is 0 Å². The summed E-state index contributed by atoms with van der Waals surface area (Å²) in [6.45, 7) is 6.60. The summed E-state index contributed by atoms with van der Waals surface area (Å²) in [4.78, 5) is 26.3. The van der Waals surface area contributed by atoms with Crippen LogP contribution in [0.15, 0.2) is 24.3 Å². The zero-order chi connectivity index (χ0) is 18.4. The highest BCUT2D eigenvalue weighted by atomic mass is 16.6. The molecule has 1 aliphatic heterocycles. The molecule has 134 valence electrons. The Morgan fingerprint density at radius 2 is 2.00 bits per heavy atom. The molecular formula is C19H25N3O3. The minimum absolute atomic E-state index is 0.0563. The molecule has 0 aliphatic carbocycles. The van der Waals surface area contributed by atoms with Gasteiger partial charge in [-0.2, -0.15) is 5.26 Å². The van der Waals surface area contributed by atoms with Crippen LogP contribution in [0.1, 0.15) is 49.5 Å². The number of rotatable bonds is 3. The van der Waals surface area contributed by atoms with Crippen LogP contribution in [0.25, 0.3) is 0 Å². The average Bonchev–Trinajstić information content (AvgIpc) is 2.53. The van der Waals surface area contributed by atoms with Gasteiger partial charge in [0, 0.05) is 24.7 Å². The van der Waals surface area contributed by atoms with Crippen LogP contribution in [0.4, 0.5) is 4.79 Å². The van der Waals surface area contributed by atoms with E-state index in [4.69, 9.17) is 10.00 Å². The summed E-state index contributed by atoms with van der Waals surface area (Å²) in [5.74, 6) is -0.0563. The predicted octanol–water partition coefficient (Wildman–Crippen LogP) is 2.88. The number of benzene rings is 1. The maximum absolute atomic E-state index is 12.6. The average molecular weight is 343 g/mol. The molecule has 0 radical (unpaired) electrons. The second-order valence-electron chi connectivity index (χ2n) is 7.27. The van der Waals surface area contributed by atoms with Gasteiger partial charge in [-0.25, -0.2) is 4.79 Å². The fraction of sp³-hybridized carbons (Fsp3) is 0.526. The Labute approximate surface area is 148 Å². The zero-order valence-electron chi connectivity index (χ0n) is 15.0. The molecule has 1 heterocycles. The van der Waals surface area contributed by atoms with Gasteiger partial charge in [0.05, 0.1) is 12.5 Å². The second-order valence-corrected chi connectivity index (χ2v) is 7.27. The first-order valence-electron chi connectivity index (χ1n) is 8.53. The van der Waals surface area contributed by atoms with Gasteiger partial charge in [0.15, 0.2) is 0 Å². The molecule has 1 aliphatic rings. The summed E-state index contributed by atoms with van der Waals surface area (Å²) < 4.78 is 5.28. The molecule has 2 amide bonds. The molecule has 1 fully saturated rings. The molecule has 6 nitrogen and oxygen atoms in total. The van der Waals surface area contributed by atoms with E-state index in [9.17, 15) is 9.59 Å². The van der Waals surface area contributed by atoms with Crippen LogP contribution in [0.5, 0.6) is 0 Å². The smallest absolute Gasteiger partial charge is 0.407 e. The molecule has 1 N–H and O–H groups in total. The Bertz CT molecular complexity index is 656. The third kappa shape index (κ3) is 5.79. The number of nitrogens with zero attached hydrogens (tertiary/aromatic N) is 2. The number of hydrogen-bond acceptors (Lipinski definition) is 4. The van der Waals surface area contributed by atoms with E-state index >= 15 is 0 Å². The van der Waals surface area contributed by atoms with E-state index in [0.29, 0.717) is 25.1 Å². The van der Waals surface area contributed by atoms with Crippen LogP contribution in [-0.4, -0.2) is 41.6 Å². The highest BCUT2D eigenvalue weighted by molar-refractivity contribution is 5.94. The van der Waals surface area contributed by atoms with E-state index in [1.54, 1.807) is 29.2 Å². The molecule has 0 aromatic heterocycles. The number of likely N-dealkylation sites (tertiary alicyclic amines) is 1. The number of alkyl carbamates (subject to hydrolysis) is 1. The molecule has 25 heavy (non-hydrogen) atoms. The fourth-order valence-electron chi connectivity index (χ4n) is 2.79. The van der Waals surface area contributed by atoms with Gasteiger partial charge in [0.25, 0.3) is 5.91 Å². The van der Waals surface area contributed by atoms with Crippen molar-refractivity contribution in [2.75, 3.05) is 13.1 Å². The molecule has 6 heteroatoms. The van der Waals surface area contributed by atoms with Crippen molar-refractivity contribution in [2.45, 2.75) is 51.7 Å². The maximum atomic E-state index is 12.6. The molecule has 0 spiro atoms. The van der Waals surface area contributed by atoms with Crippen LogP contribution in [-0.2, 0) is 11.2 Å². The Morgan fingerprint density at radius 1 is 1.32 bits per heavy atom. The summed E-state index contributed by atoms with van der Waals surface area (Å²) in [6, 6.07) is 9.09. The Morgan fingerprint density at radius 3 is 2.60 bits per heavy atom. The lowest BCUT2D eigenvalue weighted by Crippen LogP contribution is -2.50. The number of nitrogens with one attached hydrogen (secondary N) is 1. The first kappa shape index (κ1) is 18.8. The monoisotopic (exact) mass is 343 g/mol. The number of ether oxygens (including phenoxy) is 1. The molecule has 1 aromatic rings. The van der Waals surface area contributed by atoms with E-state index in [-0.39, 0.29) is 11.9 Å². The summed E-state index contributed by atoms with van der Waals surface area (Å²) in [5.41, 5.74) is 0.946. The number of carbonyl (C=O) groups excluding carboxylic acids is 2. The Balaban J connectivity index is 1.94. The lowest BCUT2D eigenvalue weighted by molar-refractivity contribution is 0.0452. The van der Waals surface area contributed by atoms with Crippen LogP contribution in [0.2, 0.25) is 0 Å².